The van der Waals surface area contributed by atoms with Gasteiger partial charge < -0.3 is 24.4 Å². The summed E-state index contributed by atoms with van der Waals surface area (Å²) in [5, 5.41) is 1.08. The minimum atomic E-state index is -0.307. The number of carbonyl (C=O) groups excluding carboxylic acids is 2. The fraction of sp³-hybridized carbons (Fsp3) is 0.267. The molecule has 0 radical (unpaired) electrons. The monoisotopic (exact) mass is 494 g/mol. The number of aryl methyl sites for hydroxylation is 1. The van der Waals surface area contributed by atoms with Gasteiger partial charge in [0.25, 0.3) is 5.91 Å². The molecule has 1 atom stereocenters. The van der Waals surface area contributed by atoms with E-state index in [1.165, 1.54) is 0 Å². The zero-order valence-electron chi connectivity index (χ0n) is 21.1. The van der Waals surface area contributed by atoms with Crippen LogP contribution in [0.2, 0.25) is 0 Å². The van der Waals surface area contributed by atoms with Crippen molar-refractivity contribution in [2.75, 3.05) is 44.7 Å². The van der Waals surface area contributed by atoms with E-state index in [0.717, 1.165) is 39.2 Å². The third kappa shape index (κ3) is 3.91. The van der Waals surface area contributed by atoms with Gasteiger partial charge in [-0.05, 0) is 36.8 Å². The number of piperazine rings is 1. The average molecular weight is 495 g/mol. The first-order valence-corrected chi connectivity index (χ1v) is 12.7. The van der Waals surface area contributed by atoms with E-state index in [2.05, 4.69) is 16.0 Å². The largest absolute Gasteiger partial charge is 0.495 e. The standard InChI is InChI=1S/C30H30N4O3/c1-20-28(23-11-5-6-12-24(23)31-20)29-21-9-3-4-10-22(21)30(36)34(29)19-27(35)33-17-15-32(16-18-33)25-13-7-8-14-26(25)37-2/h3-14,29,31H,15-19H2,1-2H3/t29-/m1/s1. The van der Waals surface area contributed by atoms with E-state index in [0.29, 0.717) is 31.7 Å². The highest BCUT2D eigenvalue weighted by Gasteiger charge is 2.41. The van der Waals surface area contributed by atoms with Gasteiger partial charge in [-0.1, -0.05) is 48.5 Å². The van der Waals surface area contributed by atoms with E-state index in [1.54, 1.807) is 12.0 Å². The van der Waals surface area contributed by atoms with Crippen LogP contribution < -0.4 is 9.64 Å². The van der Waals surface area contributed by atoms with Crippen LogP contribution in [0, 0.1) is 6.92 Å². The van der Waals surface area contributed by atoms with Gasteiger partial charge in [-0.2, -0.15) is 0 Å². The van der Waals surface area contributed by atoms with Gasteiger partial charge in [0.05, 0.1) is 18.8 Å². The van der Waals surface area contributed by atoms with Crippen LogP contribution in [0.1, 0.15) is 33.2 Å². The number of aromatic nitrogens is 1. The van der Waals surface area contributed by atoms with Crippen LogP contribution in [-0.2, 0) is 4.79 Å². The lowest BCUT2D eigenvalue weighted by Gasteiger charge is -2.37. The normalized spacial score (nSPS) is 17.4. The molecule has 7 heteroatoms. The molecule has 1 fully saturated rings. The Labute approximate surface area is 216 Å². The van der Waals surface area contributed by atoms with Crippen molar-refractivity contribution in [3.63, 3.8) is 0 Å². The molecule has 188 valence electrons. The number of ether oxygens (including phenoxy) is 1. The Kier molecular flexibility index (Phi) is 5.83. The maximum atomic E-state index is 13.6. The third-order valence-corrected chi connectivity index (χ3v) is 7.64. The molecule has 37 heavy (non-hydrogen) atoms. The number of hydrogen-bond acceptors (Lipinski definition) is 4. The topological polar surface area (TPSA) is 68.9 Å². The van der Waals surface area contributed by atoms with Crippen molar-refractivity contribution < 1.29 is 14.3 Å². The van der Waals surface area contributed by atoms with Crippen LogP contribution in [0.4, 0.5) is 5.69 Å². The first kappa shape index (κ1) is 23.2. The predicted molar refractivity (Wildman–Crippen MR) is 144 cm³/mol. The molecular weight excluding hydrogens is 464 g/mol. The van der Waals surface area contributed by atoms with Crippen molar-refractivity contribution in [1.82, 2.24) is 14.8 Å². The van der Waals surface area contributed by atoms with Gasteiger partial charge in [0.1, 0.15) is 12.3 Å². The molecular formula is C30H30N4O3. The number of rotatable bonds is 5. The first-order chi connectivity index (χ1) is 18.1. The van der Waals surface area contributed by atoms with Gasteiger partial charge >= 0.3 is 0 Å². The lowest BCUT2D eigenvalue weighted by Crippen LogP contribution is -2.51. The van der Waals surface area contributed by atoms with Crippen molar-refractivity contribution in [2.24, 2.45) is 0 Å². The number of amides is 2. The quantitative estimate of drug-likeness (QED) is 0.447. The molecule has 0 spiro atoms. The lowest BCUT2D eigenvalue weighted by molar-refractivity contribution is -0.132. The number of benzene rings is 3. The van der Waals surface area contributed by atoms with Crippen LogP contribution in [0.5, 0.6) is 5.75 Å². The van der Waals surface area contributed by atoms with Crippen LogP contribution >= 0.6 is 0 Å². The number of para-hydroxylation sites is 3. The summed E-state index contributed by atoms with van der Waals surface area (Å²) in [7, 11) is 1.68. The van der Waals surface area contributed by atoms with E-state index in [9.17, 15) is 9.59 Å². The summed E-state index contributed by atoms with van der Waals surface area (Å²) in [6.07, 6.45) is 0. The number of carbonyl (C=O) groups is 2. The summed E-state index contributed by atoms with van der Waals surface area (Å²) in [5.74, 6) is 0.717. The van der Waals surface area contributed by atoms with E-state index in [-0.39, 0.29) is 24.4 Å². The number of nitrogens with zero attached hydrogens (tertiary/aromatic N) is 3. The van der Waals surface area contributed by atoms with E-state index >= 15 is 0 Å². The summed E-state index contributed by atoms with van der Waals surface area (Å²) >= 11 is 0. The van der Waals surface area contributed by atoms with Crippen molar-refractivity contribution in [2.45, 2.75) is 13.0 Å². The smallest absolute Gasteiger partial charge is 0.255 e. The van der Waals surface area contributed by atoms with E-state index < -0.39 is 0 Å². The fourth-order valence-corrected chi connectivity index (χ4v) is 5.83. The van der Waals surface area contributed by atoms with Crippen molar-refractivity contribution in [3.8, 4) is 5.75 Å². The highest BCUT2D eigenvalue weighted by molar-refractivity contribution is 6.02. The molecule has 1 aromatic heterocycles. The Morgan fingerprint density at radius 2 is 1.65 bits per heavy atom. The molecule has 2 amide bonds. The zero-order chi connectivity index (χ0) is 25.5. The zero-order valence-corrected chi connectivity index (χ0v) is 21.1. The maximum absolute atomic E-state index is 13.6. The fourth-order valence-electron chi connectivity index (χ4n) is 5.83. The van der Waals surface area contributed by atoms with Gasteiger partial charge in [0, 0.05) is 53.9 Å². The van der Waals surface area contributed by atoms with Gasteiger partial charge in [0.15, 0.2) is 0 Å². The molecule has 0 saturated carbocycles. The second-order valence-electron chi connectivity index (χ2n) is 9.67. The summed E-state index contributed by atoms with van der Waals surface area (Å²) in [6.45, 7) is 4.71. The predicted octanol–water partition coefficient (Wildman–Crippen LogP) is 4.38. The molecule has 1 saturated heterocycles. The number of nitrogens with one attached hydrogen (secondary N) is 1. The number of aromatic amines is 1. The Morgan fingerprint density at radius 1 is 0.946 bits per heavy atom. The molecule has 6 rings (SSSR count). The molecule has 0 unspecified atom stereocenters. The molecule has 0 aliphatic carbocycles. The number of anilines is 1. The van der Waals surface area contributed by atoms with Crippen molar-refractivity contribution in [1.29, 1.82) is 0 Å². The highest BCUT2D eigenvalue weighted by Crippen LogP contribution is 2.42. The minimum absolute atomic E-state index is 0.0247. The Bertz CT molecular complexity index is 1490. The number of H-pyrrole nitrogens is 1. The first-order valence-electron chi connectivity index (χ1n) is 12.7. The minimum Gasteiger partial charge on any atom is -0.495 e. The molecule has 1 N–H and O–H groups in total. The molecule has 2 aliphatic rings. The highest BCUT2D eigenvalue weighted by atomic mass is 16.5. The van der Waals surface area contributed by atoms with Crippen LogP contribution in [0.15, 0.2) is 72.8 Å². The number of fused-ring (bicyclic) bond motifs is 2. The molecule has 2 aliphatic heterocycles. The summed E-state index contributed by atoms with van der Waals surface area (Å²) in [4.78, 5) is 36.5. The molecule has 4 aromatic rings. The number of hydrogen-bond donors (Lipinski definition) is 1. The van der Waals surface area contributed by atoms with E-state index in [4.69, 9.17) is 4.74 Å². The SMILES string of the molecule is COc1ccccc1N1CCN(C(=O)CN2C(=O)c3ccccc3[C@@H]2c2c(C)[nH]c3ccccc23)CC1. The maximum Gasteiger partial charge on any atom is 0.255 e. The molecule has 3 heterocycles. The van der Waals surface area contributed by atoms with Crippen LogP contribution in [0.3, 0.4) is 0 Å². The van der Waals surface area contributed by atoms with Gasteiger partial charge in [-0.3, -0.25) is 9.59 Å². The summed E-state index contributed by atoms with van der Waals surface area (Å²) in [6, 6.07) is 23.5. The van der Waals surface area contributed by atoms with Gasteiger partial charge in [-0.15, -0.1) is 0 Å². The lowest BCUT2D eigenvalue weighted by atomic mass is 9.95. The van der Waals surface area contributed by atoms with E-state index in [1.807, 2.05) is 78.6 Å². The summed E-state index contributed by atoms with van der Waals surface area (Å²) in [5.41, 5.74) is 5.77. The summed E-state index contributed by atoms with van der Waals surface area (Å²) < 4.78 is 5.52. The van der Waals surface area contributed by atoms with Crippen LogP contribution in [-0.4, -0.2) is 66.4 Å². The molecule has 0 bridgehead atoms. The third-order valence-electron chi connectivity index (χ3n) is 7.64. The average Bonchev–Trinajstić information content (AvgIpc) is 3.41. The molecule has 3 aromatic carbocycles. The van der Waals surface area contributed by atoms with Crippen molar-refractivity contribution >= 4 is 28.4 Å². The Hall–Kier alpha value is -4.26. The second kappa shape index (κ2) is 9.32. The molecule has 7 nitrogen and oxygen atoms in total. The van der Waals surface area contributed by atoms with Crippen molar-refractivity contribution in [3.05, 3.63) is 95.2 Å². The van der Waals surface area contributed by atoms with Gasteiger partial charge in [-0.25, -0.2) is 0 Å². The van der Waals surface area contributed by atoms with Crippen LogP contribution in [0.25, 0.3) is 10.9 Å². The Balaban J connectivity index is 1.25. The number of methoxy groups -OCH3 is 1. The second-order valence-corrected chi connectivity index (χ2v) is 9.67. The van der Waals surface area contributed by atoms with Gasteiger partial charge in [0.2, 0.25) is 5.91 Å². The Morgan fingerprint density at radius 3 is 2.46 bits per heavy atom.